The summed E-state index contributed by atoms with van der Waals surface area (Å²) < 4.78 is 5.39. The van der Waals surface area contributed by atoms with Gasteiger partial charge in [0, 0.05) is 6.54 Å². The van der Waals surface area contributed by atoms with Gasteiger partial charge in [-0.05, 0) is 61.6 Å². The number of carbonyl (C=O) groups excluding carboxylic acids is 3. The lowest BCUT2D eigenvalue weighted by molar-refractivity contribution is -0.129. The van der Waals surface area contributed by atoms with Crippen molar-refractivity contribution in [2.45, 2.75) is 50.8 Å². The van der Waals surface area contributed by atoms with Gasteiger partial charge >= 0.3 is 6.09 Å². The van der Waals surface area contributed by atoms with E-state index in [1.54, 1.807) is 26.8 Å². The second-order valence-corrected chi connectivity index (χ2v) is 11.7. The molecular weight excluding hydrogens is 570 g/mol. The lowest BCUT2D eigenvalue weighted by Gasteiger charge is -2.37. The van der Waals surface area contributed by atoms with Crippen LogP contribution in [0.2, 0.25) is 0 Å². The van der Waals surface area contributed by atoms with Gasteiger partial charge < -0.3 is 30.9 Å². The van der Waals surface area contributed by atoms with Crippen LogP contribution in [0.5, 0.6) is 11.5 Å². The first-order chi connectivity index (χ1) is 21.5. The largest absolute Gasteiger partial charge is 0.504 e. The van der Waals surface area contributed by atoms with Gasteiger partial charge in [0.1, 0.15) is 17.2 Å². The highest BCUT2D eigenvalue weighted by Gasteiger charge is 2.39. The van der Waals surface area contributed by atoms with Crippen molar-refractivity contribution in [3.05, 3.63) is 131 Å². The van der Waals surface area contributed by atoms with Gasteiger partial charge in [0.05, 0.1) is 6.42 Å². The van der Waals surface area contributed by atoms with E-state index in [1.807, 2.05) is 91.0 Å². The van der Waals surface area contributed by atoms with Crippen molar-refractivity contribution >= 4 is 17.9 Å². The zero-order chi connectivity index (χ0) is 32.5. The number of phenolic OH excluding ortho intramolecular Hbond substituents is 2. The van der Waals surface area contributed by atoms with Crippen LogP contribution in [-0.4, -0.2) is 46.3 Å². The average molecular weight is 610 g/mol. The number of aromatic hydroxyl groups is 2. The number of alkyl carbamates (subject to hydrolysis) is 1. The summed E-state index contributed by atoms with van der Waals surface area (Å²) in [6.45, 7) is 5.26. The van der Waals surface area contributed by atoms with Crippen LogP contribution < -0.4 is 16.0 Å². The Labute approximate surface area is 263 Å². The predicted octanol–water partition coefficient (Wildman–Crippen LogP) is 5.15. The van der Waals surface area contributed by atoms with Crippen molar-refractivity contribution in [3.8, 4) is 11.5 Å². The summed E-state index contributed by atoms with van der Waals surface area (Å²) in [5, 5.41) is 27.9. The summed E-state index contributed by atoms with van der Waals surface area (Å²) in [5.74, 6) is -1.57. The highest BCUT2D eigenvalue weighted by molar-refractivity contribution is 5.91. The van der Waals surface area contributed by atoms with E-state index in [0.717, 1.165) is 16.7 Å². The molecule has 4 rings (SSSR count). The summed E-state index contributed by atoms with van der Waals surface area (Å²) in [4.78, 5) is 40.2. The molecule has 0 fully saturated rings. The number of amides is 3. The van der Waals surface area contributed by atoms with E-state index in [-0.39, 0.29) is 24.5 Å². The number of nitrogens with one attached hydrogen (secondary N) is 3. The van der Waals surface area contributed by atoms with Gasteiger partial charge in [-0.25, -0.2) is 4.79 Å². The van der Waals surface area contributed by atoms with Crippen molar-refractivity contribution in [1.29, 1.82) is 0 Å². The predicted molar refractivity (Wildman–Crippen MR) is 172 cm³/mol. The van der Waals surface area contributed by atoms with Crippen LogP contribution in [0.4, 0.5) is 4.79 Å². The van der Waals surface area contributed by atoms with E-state index in [9.17, 15) is 24.6 Å². The molecule has 0 heterocycles. The normalized spacial score (nSPS) is 12.1. The van der Waals surface area contributed by atoms with Crippen molar-refractivity contribution in [1.82, 2.24) is 16.0 Å². The standard InChI is InChI=1S/C36H39N3O6/c1-35(2,3)45-34(44)38-29(33(43)37-22-21-25-19-20-30(40)31(41)23-25)24-32(42)39-36(26-13-7-4-8-14-26,27-15-9-5-10-16-27)28-17-11-6-12-18-28/h4-20,23,29,40-41H,21-22,24H2,1-3H3,(H,37,43)(H,38,44)(H,39,42)/t29-/m1/s1. The number of hydrogen-bond donors (Lipinski definition) is 5. The Morgan fingerprint density at radius 1 is 0.733 bits per heavy atom. The molecule has 0 unspecified atom stereocenters. The fraction of sp³-hybridized carbons (Fsp3) is 0.250. The molecule has 0 bridgehead atoms. The fourth-order valence-corrected chi connectivity index (χ4v) is 5.06. The Morgan fingerprint density at radius 2 is 1.24 bits per heavy atom. The third-order valence-corrected chi connectivity index (χ3v) is 7.10. The summed E-state index contributed by atoms with van der Waals surface area (Å²) in [6, 6.07) is 31.8. The van der Waals surface area contributed by atoms with Crippen molar-refractivity contribution in [3.63, 3.8) is 0 Å². The van der Waals surface area contributed by atoms with Crippen molar-refractivity contribution in [2.24, 2.45) is 0 Å². The zero-order valence-electron chi connectivity index (χ0n) is 25.6. The van der Waals surface area contributed by atoms with Crippen LogP contribution in [-0.2, 0) is 26.3 Å². The maximum Gasteiger partial charge on any atom is 0.408 e. The topological polar surface area (TPSA) is 137 Å². The Hall–Kier alpha value is -5.31. The van der Waals surface area contributed by atoms with E-state index in [2.05, 4.69) is 16.0 Å². The number of benzene rings is 4. The molecule has 5 N–H and O–H groups in total. The van der Waals surface area contributed by atoms with Crippen LogP contribution in [0, 0.1) is 0 Å². The number of rotatable bonds is 11. The summed E-state index contributed by atoms with van der Waals surface area (Å²) >= 11 is 0. The molecule has 45 heavy (non-hydrogen) atoms. The van der Waals surface area contributed by atoms with Gasteiger partial charge in [0.15, 0.2) is 11.5 Å². The minimum absolute atomic E-state index is 0.152. The number of phenols is 2. The van der Waals surface area contributed by atoms with Crippen molar-refractivity contribution in [2.75, 3.05) is 6.54 Å². The lowest BCUT2D eigenvalue weighted by atomic mass is 9.77. The molecule has 0 aliphatic rings. The van der Waals surface area contributed by atoms with Crippen LogP contribution in [0.25, 0.3) is 0 Å². The van der Waals surface area contributed by atoms with E-state index in [0.29, 0.717) is 12.0 Å². The molecule has 0 radical (unpaired) electrons. The summed E-state index contributed by atoms with van der Waals surface area (Å²) in [5.41, 5.74) is 1.20. The third-order valence-electron chi connectivity index (χ3n) is 7.10. The van der Waals surface area contributed by atoms with Crippen molar-refractivity contribution < 1.29 is 29.3 Å². The zero-order valence-corrected chi connectivity index (χ0v) is 25.6. The van der Waals surface area contributed by atoms with E-state index in [4.69, 9.17) is 4.74 Å². The smallest absolute Gasteiger partial charge is 0.408 e. The molecule has 3 amide bonds. The van der Waals surface area contributed by atoms with Crippen LogP contribution in [0.3, 0.4) is 0 Å². The molecule has 0 saturated carbocycles. The highest BCUT2D eigenvalue weighted by atomic mass is 16.6. The van der Waals surface area contributed by atoms with Gasteiger partial charge in [-0.3, -0.25) is 9.59 Å². The minimum Gasteiger partial charge on any atom is -0.504 e. The molecule has 1 atom stereocenters. The molecule has 4 aromatic carbocycles. The van der Waals surface area contributed by atoms with Crippen LogP contribution in [0.1, 0.15) is 49.4 Å². The van der Waals surface area contributed by atoms with Gasteiger partial charge in [-0.15, -0.1) is 0 Å². The third kappa shape index (κ3) is 8.63. The molecule has 0 aromatic heterocycles. The molecule has 0 aliphatic carbocycles. The fourth-order valence-electron chi connectivity index (χ4n) is 5.06. The van der Waals surface area contributed by atoms with Crippen LogP contribution in [0.15, 0.2) is 109 Å². The Morgan fingerprint density at radius 3 is 1.71 bits per heavy atom. The minimum atomic E-state index is -1.26. The quantitative estimate of drug-likeness (QED) is 0.118. The van der Waals surface area contributed by atoms with E-state index >= 15 is 0 Å². The molecule has 9 heteroatoms. The lowest BCUT2D eigenvalue weighted by Crippen LogP contribution is -2.53. The maximum absolute atomic E-state index is 14.0. The molecule has 0 saturated heterocycles. The number of carbonyl (C=O) groups is 3. The summed E-state index contributed by atoms with van der Waals surface area (Å²) in [7, 11) is 0. The molecule has 9 nitrogen and oxygen atoms in total. The number of ether oxygens (including phenoxy) is 1. The molecule has 0 aliphatic heterocycles. The maximum atomic E-state index is 14.0. The molecule has 234 valence electrons. The Bertz CT molecular complexity index is 1490. The van der Waals surface area contributed by atoms with Crippen LogP contribution >= 0.6 is 0 Å². The second-order valence-electron chi connectivity index (χ2n) is 11.7. The van der Waals surface area contributed by atoms with Gasteiger partial charge in [-0.1, -0.05) is 97.1 Å². The molecule has 4 aromatic rings. The first kappa shape index (κ1) is 32.6. The average Bonchev–Trinajstić information content (AvgIpc) is 3.01. The Balaban J connectivity index is 1.62. The van der Waals surface area contributed by atoms with Gasteiger partial charge in [0.2, 0.25) is 11.8 Å². The molecule has 0 spiro atoms. The Kier molecular flexibility index (Phi) is 10.5. The monoisotopic (exact) mass is 609 g/mol. The van der Waals surface area contributed by atoms with Gasteiger partial charge in [0.25, 0.3) is 0 Å². The number of hydrogen-bond acceptors (Lipinski definition) is 6. The first-order valence-electron chi connectivity index (χ1n) is 14.7. The SMILES string of the molecule is CC(C)(C)OC(=O)N[C@H](CC(=O)NC(c1ccccc1)(c1ccccc1)c1ccccc1)C(=O)NCCc1ccc(O)c(O)c1. The van der Waals surface area contributed by atoms with Gasteiger partial charge in [-0.2, -0.15) is 0 Å². The highest BCUT2D eigenvalue weighted by Crippen LogP contribution is 2.37. The first-order valence-corrected chi connectivity index (χ1v) is 14.7. The molecular formula is C36H39N3O6. The van der Waals surface area contributed by atoms with E-state index < -0.39 is 35.1 Å². The summed E-state index contributed by atoms with van der Waals surface area (Å²) in [6.07, 6.45) is -0.872. The van der Waals surface area contributed by atoms with E-state index in [1.165, 1.54) is 12.1 Å². The second kappa shape index (κ2) is 14.4.